The van der Waals surface area contributed by atoms with Crippen LogP contribution in [0.4, 0.5) is 4.79 Å². The van der Waals surface area contributed by atoms with Gasteiger partial charge in [0, 0.05) is 26.3 Å². The fourth-order valence-electron chi connectivity index (χ4n) is 1.12. The summed E-state index contributed by atoms with van der Waals surface area (Å²) in [7, 11) is 0. The van der Waals surface area contributed by atoms with E-state index in [0.29, 0.717) is 13.2 Å². The Balaban J connectivity index is 3.35. The fraction of sp³-hybridized carbons (Fsp3) is 0.833. The Bertz CT molecular complexity index is 246. The highest BCUT2D eigenvalue weighted by molar-refractivity contribution is 5.75. The van der Waals surface area contributed by atoms with Crippen LogP contribution in [0.1, 0.15) is 33.1 Å². The average molecular weight is 260 g/mol. The number of ether oxygens (including phenoxy) is 1. The van der Waals surface area contributed by atoms with Crippen LogP contribution in [0.25, 0.3) is 0 Å². The van der Waals surface area contributed by atoms with E-state index in [4.69, 9.17) is 9.84 Å². The molecule has 6 nitrogen and oxygen atoms in total. The van der Waals surface area contributed by atoms with Gasteiger partial charge in [0.15, 0.2) is 0 Å². The molecule has 0 bridgehead atoms. The quantitative estimate of drug-likeness (QED) is 0.515. The van der Waals surface area contributed by atoms with Crippen molar-refractivity contribution in [2.75, 3.05) is 26.3 Å². The van der Waals surface area contributed by atoms with Crippen LogP contribution in [0.5, 0.6) is 0 Å². The molecule has 0 spiro atoms. The van der Waals surface area contributed by atoms with Crippen LogP contribution >= 0.6 is 0 Å². The molecule has 0 heterocycles. The standard InChI is InChI=1S/C12H24N2O4/c1-3-4-7-18-8-5-6-13-12(17)14-9-10(2)11(15)16/h10H,3-9H2,1-2H3,(H,15,16)(H2,13,14,17). The molecule has 2 amide bonds. The number of carbonyl (C=O) groups is 2. The van der Waals surface area contributed by atoms with Crippen molar-refractivity contribution in [3.05, 3.63) is 0 Å². The van der Waals surface area contributed by atoms with Gasteiger partial charge in [0.2, 0.25) is 0 Å². The Morgan fingerprint density at radius 2 is 1.89 bits per heavy atom. The number of nitrogens with one attached hydrogen (secondary N) is 2. The normalized spacial score (nSPS) is 11.9. The predicted octanol–water partition coefficient (Wildman–Crippen LogP) is 1.21. The third kappa shape index (κ3) is 9.89. The summed E-state index contributed by atoms with van der Waals surface area (Å²) in [6.07, 6.45) is 2.93. The molecule has 0 rings (SSSR count). The molecule has 0 aromatic rings. The van der Waals surface area contributed by atoms with Gasteiger partial charge in [-0.05, 0) is 12.8 Å². The number of carboxylic acids is 1. The van der Waals surface area contributed by atoms with E-state index in [1.807, 2.05) is 0 Å². The van der Waals surface area contributed by atoms with Crippen LogP contribution in [0.3, 0.4) is 0 Å². The van der Waals surface area contributed by atoms with Crippen LogP contribution in [-0.4, -0.2) is 43.4 Å². The summed E-state index contributed by atoms with van der Waals surface area (Å²) >= 11 is 0. The van der Waals surface area contributed by atoms with Gasteiger partial charge in [0.1, 0.15) is 0 Å². The monoisotopic (exact) mass is 260 g/mol. The summed E-state index contributed by atoms with van der Waals surface area (Å²) in [5.74, 6) is -1.49. The molecule has 6 heteroatoms. The summed E-state index contributed by atoms with van der Waals surface area (Å²) in [5, 5.41) is 13.8. The molecule has 0 aromatic carbocycles. The summed E-state index contributed by atoms with van der Waals surface area (Å²) in [6, 6.07) is -0.336. The lowest BCUT2D eigenvalue weighted by Gasteiger charge is -2.09. The molecular formula is C12H24N2O4. The highest BCUT2D eigenvalue weighted by Crippen LogP contribution is 1.91. The lowest BCUT2D eigenvalue weighted by atomic mass is 10.2. The van der Waals surface area contributed by atoms with Crippen molar-refractivity contribution in [3.63, 3.8) is 0 Å². The summed E-state index contributed by atoms with van der Waals surface area (Å²) in [5.41, 5.74) is 0. The van der Waals surface area contributed by atoms with Gasteiger partial charge in [-0.15, -0.1) is 0 Å². The number of hydrogen-bond acceptors (Lipinski definition) is 3. The molecule has 3 N–H and O–H groups in total. The van der Waals surface area contributed by atoms with E-state index >= 15 is 0 Å². The summed E-state index contributed by atoms with van der Waals surface area (Å²) in [4.78, 5) is 21.8. The molecule has 1 atom stereocenters. The van der Waals surface area contributed by atoms with Crippen molar-refractivity contribution in [1.29, 1.82) is 0 Å². The Hall–Kier alpha value is -1.30. The SMILES string of the molecule is CCCCOCCCNC(=O)NCC(C)C(=O)O. The molecule has 0 aliphatic carbocycles. The summed E-state index contributed by atoms with van der Waals surface area (Å²) < 4.78 is 5.34. The highest BCUT2D eigenvalue weighted by atomic mass is 16.5. The third-order valence-corrected chi connectivity index (χ3v) is 2.38. The predicted molar refractivity (Wildman–Crippen MR) is 68.5 cm³/mol. The molecule has 0 saturated heterocycles. The van der Waals surface area contributed by atoms with Crippen molar-refractivity contribution in [1.82, 2.24) is 10.6 Å². The first kappa shape index (κ1) is 16.7. The van der Waals surface area contributed by atoms with Crippen LogP contribution in [0, 0.1) is 5.92 Å². The average Bonchev–Trinajstić information content (AvgIpc) is 2.34. The van der Waals surface area contributed by atoms with Crippen LogP contribution in [0.15, 0.2) is 0 Å². The fourth-order valence-corrected chi connectivity index (χ4v) is 1.12. The van der Waals surface area contributed by atoms with Gasteiger partial charge in [-0.3, -0.25) is 4.79 Å². The minimum absolute atomic E-state index is 0.133. The van der Waals surface area contributed by atoms with Gasteiger partial charge in [-0.25, -0.2) is 4.79 Å². The third-order valence-electron chi connectivity index (χ3n) is 2.38. The first-order valence-electron chi connectivity index (χ1n) is 6.40. The number of amides is 2. The molecule has 1 unspecified atom stereocenters. The van der Waals surface area contributed by atoms with Gasteiger partial charge in [0.25, 0.3) is 0 Å². The van der Waals surface area contributed by atoms with E-state index in [2.05, 4.69) is 17.6 Å². The number of rotatable bonds is 10. The van der Waals surface area contributed by atoms with Crippen LogP contribution in [-0.2, 0) is 9.53 Å². The second-order valence-corrected chi connectivity index (χ2v) is 4.20. The Morgan fingerprint density at radius 1 is 1.22 bits per heavy atom. The molecule has 0 aliphatic rings. The molecule has 0 radical (unpaired) electrons. The zero-order valence-corrected chi connectivity index (χ0v) is 11.2. The zero-order chi connectivity index (χ0) is 13.8. The van der Waals surface area contributed by atoms with Crippen LogP contribution < -0.4 is 10.6 Å². The second kappa shape index (κ2) is 10.8. The number of hydrogen-bond donors (Lipinski definition) is 3. The molecule has 0 aliphatic heterocycles. The first-order chi connectivity index (χ1) is 8.57. The Labute approximate surface area is 108 Å². The molecule has 106 valence electrons. The molecule has 0 fully saturated rings. The topological polar surface area (TPSA) is 87.7 Å². The molecule has 0 aromatic heterocycles. The number of unbranched alkanes of at least 4 members (excludes halogenated alkanes) is 1. The number of aliphatic carboxylic acids is 1. The maximum atomic E-state index is 11.2. The zero-order valence-electron chi connectivity index (χ0n) is 11.2. The van der Waals surface area contributed by atoms with Crippen LogP contribution in [0.2, 0.25) is 0 Å². The van der Waals surface area contributed by atoms with Crippen molar-refractivity contribution in [2.45, 2.75) is 33.1 Å². The number of carboxylic acid groups (broad SMARTS) is 1. The van der Waals surface area contributed by atoms with E-state index in [-0.39, 0.29) is 12.6 Å². The van der Waals surface area contributed by atoms with Crippen molar-refractivity contribution in [2.24, 2.45) is 5.92 Å². The van der Waals surface area contributed by atoms with Gasteiger partial charge < -0.3 is 20.5 Å². The van der Waals surface area contributed by atoms with Gasteiger partial charge >= 0.3 is 12.0 Å². The Morgan fingerprint density at radius 3 is 2.50 bits per heavy atom. The summed E-state index contributed by atoms with van der Waals surface area (Å²) in [6.45, 7) is 5.70. The second-order valence-electron chi connectivity index (χ2n) is 4.20. The number of carbonyl (C=O) groups excluding carboxylic acids is 1. The largest absolute Gasteiger partial charge is 0.481 e. The van der Waals surface area contributed by atoms with Gasteiger partial charge in [0.05, 0.1) is 5.92 Å². The van der Waals surface area contributed by atoms with Crippen molar-refractivity contribution >= 4 is 12.0 Å². The van der Waals surface area contributed by atoms with E-state index < -0.39 is 11.9 Å². The molecular weight excluding hydrogens is 236 g/mol. The smallest absolute Gasteiger partial charge is 0.314 e. The van der Waals surface area contributed by atoms with Gasteiger partial charge in [-0.1, -0.05) is 20.3 Å². The lowest BCUT2D eigenvalue weighted by molar-refractivity contribution is -0.140. The minimum atomic E-state index is -0.917. The Kier molecular flexibility index (Phi) is 10.0. The van der Waals surface area contributed by atoms with Crippen molar-refractivity contribution < 1.29 is 19.4 Å². The molecule has 0 saturated carbocycles. The maximum Gasteiger partial charge on any atom is 0.314 e. The maximum absolute atomic E-state index is 11.2. The van der Waals surface area contributed by atoms with Gasteiger partial charge in [-0.2, -0.15) is 0 Å². The van der Waals surface area contributed by atoms with E-state index in [0.717, 1.165) is 25.9 Å². The highest BCUT2D eigenvalue weighted by Gasteiger charge is 2.11. The first-order valence-corrected chi connectivity index (χ1v) is 6.40. The number of urea groups is 1. The van der Waals surface area contributed by atoms with E-state index in [1.165, 1.54) is 0 Å². The minimum Gasteiger partial charge on any atom is -0.481 e. The van der Waals surface area contributed by atoms with E-state index in [9.17, 15) is 9.59 Å². The van der Waals surface area contributed by atoms with Crippen molar-refractivity contribution in [3.8, 4) is 0 Å². The van der Waals surface area contributed by atoms with E-state index in [1.54, 1.807) is 6.92 Å². The molecule has 18 heavy (non-hydrogen) atoms. The lowest BCUT2D eigenvalue weighted by Crippen LogP contribution is -2.39.